The molecule has 13 heavy (non-hydrogen) atoms. The third-order valence-electron chi connectivity index (χ3n) is 2.13. The van der Waals surface area contributed by atoms with Crippen LogP contribution in [-0.4, -0.2) is 25.1 Å². The van der Waals surface area contributed by atoms with Crippen molar-refractivity contribution in [3.63, 3.8) is 0 Å². The zero-order chi connectivity index (χ0) is 9.78. The average molecular weight is 203 g/mol. The summed E-state index contributed by atoms with van der Waals surface area (Å²) < 4.78 is 0. The molecule has 0 amide bonds. The molecule has 1 nitrogen and oxygen atoms in total. The molecule has 1 N–H and O–H groups in total. The minimum absolute atomic E-state index is 1.19. The van der Waals surface area contributed by atoms with Crippen molar-refractivity contribution in [1.29, 1.82) is 0 Å². The fraction of sp³-hybridized carbons (Fsp3) is 1.00. The predicted octanol–water partition coefficient (Wildman–Crippen LogP) is 3.30. The minimum atomic E-state index is 1.19. The van der Waals surface area contributed by atoms with Crippen LogP contribution >= 0.6 is 11.8 Å². The van der Waals surface area contributed by atoms with Gasteiger partial charge in [0.2, 0.25) is 0 Å². The van der Waals surface area contributed by atoms with Gasteiger partial charge in [-0.1, -0.05) is 26.2 Å². The number of rotatable bonds is 10. The van der Waals surface area contributed by atoms with Crippen LogP contribution in [0.3, 0.4) is 0 Å². The third-order valence-corrected chi connectivity index (χ3v) is 2.83. The van der Waals surface area contributed by atoms with Crippen molar-refractivity contribution < 1.29 is 0 Å². The topological polar surface area (TPSA) is 12.0 Å². The Kier molecular flexibility index (Phi) is 12.6. The van der Waals surface area contributed by atoms with Crippen molar-refractivity contribution in [1.82, 2.24) is 5.32 Å². The van der Waals surface area contributed by atoms with E-state index >= 15 is 0 Å². The molecular weight excluding hydrogens is 178 g/mol. The summed E-state index contributed by atoms with van der Waals surface area (Å²) >= 11 is 1.96. The molecule has 0 heterocycles. The molecule has 0 saturated heterocycles. The first-order valence-corrected chi connectivity index (χ1v) is 7.00. The number of hydrogen-bond donors (Lipinski definition) is 1. The van der Waals surface area contributed by atoms with E-state index in [1.165, 1.54) is 57.4 Å². The van der Waals surface area contributed by atoms with Crippen molar-refractivity contribution in [2.45, 2.75) is 45.4 Å². The van der Waals surface area contributed by atoms with Crippen LogP contribution < -0.4 is 5.32 Å². The van der Waals surface area contributed by atoms with E-state index in [0.717, 1.165) is 0 Å². The summed E-state index contributed by atoms with van der Waals surface area (Å²) in [6, 6.07) is 0. The van der Waals surface area contributed by atoms with Gasteiger partial charge in [-0.25, -0.2) is 0 Å². The number of unbranched alkanes of at least 4 members (excludes halogenated alkanes) is 4. The van der Waals surface area contributed by atoms with Crippen LogP contribution in [-0.2, 0) is 0 Å². The van der Waals surface area contributed by atoms with E-state index in [9.17, 15) is 0 Å². The van der Waals surface area contributed by atoms with Gasteiger partial charge in [0.05, 0.1) is 0 Å². The third kappa shape index (κ3) is 12.3. The largest absolute Gasteiger partial charge is 0.317 e. The molecule has 0 aromatic heterocycles. The van der Waals surface area contributed by atoms with Crippen LogP contribution in [0.25, 0.3) is 0 Å². The Morgan fingerprint density at radius 3 is 2.31 bits per heavy atom. The average Bonchev–Trinajstić information content (AvgIpc) is 2.16. The molecule has 0 radical (unpaired) electrons. The molecule has 0 unspecified atom stereocenters. The van der Waals surface area contributed by atoms with Crippen molar-refractivity contribution in [2.24, 2.45) is 0 Å². The van der Waals surface area contributed by atoms with Crippen LogP contribution in [0.5, 0.6) is 0 Å². The molecule has 0 bridgehead atoms. The highest BCUT2D eigenvalue weighted by molar-refractivity contribution is 7.98. The number of nitrogens with one attached hydrogen (secondary N) is 1. The predicted molar refractivity (Wildman–Crippen MR) is 64.6 cm³/mol. The van der Waals surface area contributed by atoms with Gasteiger partial charge in [-0.2, -0.15) is 11.8 Å². The second-order valence-corrected chi connectivity index (χ2v) is 4.50. The highest BCUT2D eigenvalue weighted by atomic mass is 32.2. The lowest BCUT2D eigenvalue weighted by Gasteiger charge is -2.02. The first kappa shape index (κ1) is 13.3. The van der Waals surface area contributed by atoms with Gasteiger partial charge in [0.1, 0.15) is 0 Å². The second kappa shape index (κ2) is 12.3. The summed E-state index contributed by atoms with van der Waals surface area (Å²) in [5.41, 5.74) is 0. The first-order valence-electron chi connectivity index (χ1n) is 5.61. The SMILES string of the molecule is CCCNCCCCCCCSC. The Morgan fingerprint density at radius 2 is 1.62 bits per heavy atom. The normalized spacial score (nSPS) is 10.6. The summed E-state index contributed by atoms with van der Waals surface area (Å²) in [6.45, 7) is 4.62. The molecule has 0 aliphatic rings. The maximum atomic E-state index is 3.43. The quantitative estimate of drug-likeness (QED) is 0.547. The summed E-state index contributed by atoms with van der Waals surface area (Å²) in [7, 11) is 0. The van der Waals surface area contributed by atoms with Gasteiger partial charge in [0.25, 0.3) is 0 Å². The van der Waals surface area contributed by atoms with Crippen molar-refractivity contribution in [3.05, 3.63) is 0 Å². The van der Waals surface area contributed by atoms with Crippen LogP contribution in [0.4, 0.5) is 0 Å². The Balaban J connectivity index is 2.76. The summed E-state index contributed by atoms with van der Waals surface area (Å²) in [5, 5.41) is 3.43. The fourth-order valence-corrected chi connectivity index (χ4v) is 1.82. The summed E-state index contributed by atoms with van der Waals surface area (Å²) in [5.74, 6) is 1.34. The molecule has 80 valence electrons. The van der Waals surface area contributed by atoms with E-state index in [1.54, 1.807) is 0 Å². The molecule has 0 aromatic rings. The van der Waals surface area contributed by atoms with E-state index in [4.69, 9.17) is 0 Å². The lowest BCUT2D eigenvalue weighted by molar-refractivity contribution is 0.582. The monoisotopic (exact) mass is 203 g/mol. The summed E-state index contributed by atoms with van der Waals surface area (Å²) in [4.78, 5) is 0. The second-order valence-electron chi connectivity index (χ2n) is 3.51. The van der Waals surface area contributed by atoms with Crippen molar-refractivity contribution in [3.8, 4) is 0 Å². The van der Waals surface area contributed by atoms with Gasteiger partial charge in [-0.3, -0.25) is 0 Å². The Hall–Kier alpha value is 0.310. The first-order chi connectivity index (χ1) is 6.41. The van der Waals surface area contributed by atoms with Gasteiger partial charge in [0.15, 0.2) is 0 Å². The van der Waals surface area contributed by atoms with Gasteiger partial charge in [-0.15, -0.1) is 0 Å². The molecule has 0 aliphatic heterocycles. The molecular formula is C11H25NS. The molecule has 0 atom stereocenters. The van der Waals surface area contributed by atoms with Crippen LogP contribution in [0.2, 0.25) is 0 Å². The smallest absolute Gasteiger partial charge is 0.00489 e. The van der Waals surface area contributed by atoms with Crippen LogP contribution in [0.1, 0.15) is 45.4 Å². The lowest BCUT2D eigenvalue weighted by Crippen LogP contribution is -2.15. The van der Waals surface area contributed by atoms with E-state index < -0.39 is 0 Å². The Bertz CT molecular complexity index is 76.2. The van der Waals surface area contributed by atoms with Gasteiger partial charge >= 0.3 is 0 Å². The van der Waals surface area contributed by atoms with Gasteiger partial charge in [-0.05, 0) is 44.4 Å². The Labute approximate surface area is 88.1 Å². The zero-order valence-corrected chi connectivity index (χ0v) is 10.1. The molecule has 0 saturated carbocycles. The maximum Gasteiger partial charge on any atom is -0.00489 e. The van der Waals surface area contributed by atoms with E-state index in [1.807, 2.05) is 11.8 Å². The molecule has 0 spiro atoms. The molecule has 0 rings (SSSR count). The molecule has 0 aromatic carbocycles. The fourth-order valence-electron chi connectivity index (χ4n) is 1.33. The van der Waals surface area contributed by atoms with E-state index in [0.29, 0.717) is 0 Å². The lowest BCUT2D eigenvalue weighted by atomic mass is 10.1. The highest BCUT2D eigenvalue weighted by Gasteiger charge is 1.90. The van der Waals surface area contributed by atoms with Crippen molar-refractivity contribution >= 4 is 11.8 Å². The van der Waals surface area contributed by atoms with Crippen LogP contribution in [0, 0.1) is 0 Å². The van der Waals surface area contributed by atoms with Gasteiger partial charge < -0.3 is 5.32 Å². The molecule has 2 heteroatoms. The van der Waals surface area contributed by atoms with E-state index in [2.05, 4.69) is 18.5 Å². The standard InChI is InChI=1S/C11H25NS/c1-3-9-12-10-7-5-4-6-8-11-13-2/h12H,3-11H2,1-2H3. The number of hydrogen-bond acceptors (Lipinski definition) is 2. The summed E-state index contributed by atoms with van der Waals surface area (Å²) in [6.07, 6.45) is 10.5. The highest BCUT2D eigenvalue weighted by Crippen LogP contribution is 2.05. The van der Waals surface area contributed by atoms with Gasteiger partial charge in [0, 0.05) is 0 Å². The Morgan fingerprint density at radius 1 is 0.923 bits per heavy atom. The van der Waals surface area contributed by atoms with Crippen LogP contribution in [0.15, 0.2) is 0 Å². The van der Waals surface area contributed by atoms with Crippen molar-refractivity contribution in [2.75, 3.05) is 25.1 Å². The zero-order valence-electron chi connectivity index (χ0n) is 9.27. The maximum absolute atomic E-state index is 3.43. The minimum Gasteiger partial charge on any atom is -0.317 e. The molecule has 0 fully saturated rings. The number of thioether (sulfide) groups is 1. The molecule has 0 aliphatic carbocycles. The van der Waals surface area contributed by atoms with E-state index in [-0.39, 0.29) is 0 Å².